The van der Waals surface area contributed by atoms with Crippen LogP contribution in [0.3, 0.4) is 0 Å². The highest BCUT2D eigenvalue weighted by molar-refractivity contribution is 9.09. The lowest BCUT2D eigenvalue weighted by Crippen LogP contribution is -2.57. The molecular weight excluding hydrogens is 592 g/mol. The molecule has 0 aliphatic carbocycles. The van der Waals surface area contributed by atoms with Gasteiger partial charge in [0.25, 0.3) is 5.91 Å². The third-order valence-electron chi connectivity index (χ3n) is 8.36. The normalized spacial score (nSPS) is 27.9. The van der Waals surface area contributed by atoms with Gasteiger partial charge in [0.05, 0.1) is 31.7 Å². The molecule has 2 amide bonds. The SMILES string of the molecule is C=CCCCCOC(=O)[C@H]1[C@@H]2OC3(CC2Br)C(C(=O)N(CC=C)c2ccc(OC)cc2)N(CCCCCO)C(=O)[C@H]13. The summed E-state index contributed by atoms with van der Waals surface area (Å²) in [6.07, 6.45) is 7.65. The molecular formula is C31H41BrN2O7. The Morgan fingerprint density at radius 1 is 1.17 bits per heavy atom. The fourth-order valence-electron chi connectivity index (χ4n) is 6.51. The van der Waals surface area contributed by atoms with E-state index in [2.05, 4.69) is 29.1 Å². The first-order chi connectivity index (χ1) is 19.8. The number of fused-ring (bicyclic) bond motifs is 1. The lowest BCUT2D eigenvalue weighted by molar-refractivity contribution is -0.155. The van der Waals surface area contributed by atoms with Crippen LogP contribution >= 0.6 is 15.9 Å². The molecule has 1 aromatic rings. The largest absolute Gasteiger partial charge is 0.497 e. The number of likely N-dealkylation sites (tertiary alicyclic amines) is 1. The number of alkyl halides is 1. The van der Waals surface area contributed by atoms with Gasteiger partial charge in [-0.25, -0.2) is 0 Å². The molecule has 1 N–H and O–H groups in total. The number of hydrogen-bond donors (Lipinski definition) is 1. The van der Waals surface area contributed by atoms with E-state index in [4.69, 9.17) is 14.2 Å². The van der Waals surface area contributed by atoms with Crippen molar-refractivity contribution < 1.29 is 33.7 Å². The van der Waals surface area contributed by atoms with Crippen LogP contribution in [0.5, 0.6) is 5.75 Å². The maximum absolute atomic E-state index is 14.5. The standard InChI is InChI=1S/C31H41BrN2O7/c1-4-6-7-11-19-40-30(38)24-25-28(36)34(17-9-8-10-18-35)27(31(25)20-23(32)26(24)41-31)29(37)33(16-5-2)21-12-14-22(39-3)15-13-21/h4-5,12-15,23-27,35H,1-2,6-11,16-20H2,3H3/t23?,24-,25+,26-,27?,31?/m1/s1. The van der Waals surface area contributed by atoms with Gasteiger partial charge in [0.2, 0.25) is 5.91 Å². The number of esters is 1. The van der Waals surface area contributed by atoms with Crippen molar-refractivity contribution in [3.8, 4) is 5.75 Å². The number of allylic oxidation sites excluding steroid dienone is 1. The van der Waals surface area contributed by atoms with Crippen LogP contribution in [0.15, 0.2) is 49.6 Å². The Bertz CT molecular complexity index is 1110. The molecule has 3 fully saturated rings. The van der Waals surface area contributed by atoms with Crippen LogP contribution in [0.4, 0.5) is 5.69 Å². The lowest BCUT2D eigenvalue weighted by Gasteiger charge is -2.37. The van der Waals surface area contributed by atoms with Crippen molar-refractivity contribution in [2.24, 2.45) is 11.8 Å². The molecule has 0 saturated carbocycles. The number of aliphatic hydroxyl groups excluding tert-OH is 1. The van der Waals surface area contributed by atoms with Gasteiger partial charge in [0, 0.05) is 30.2 Å². The molecule has 41 heavy (non-hydrogen) atoms. The minimum Gasteiger partial charge on any atom is -0.497 e. The van der Waals surface area contributed by atoms with Gasteiger partial charge in [-0.2, -0.15) is 0 Å². The molecule has 1 aromatic carbocycles. The first-order valence-electron chi connectivity index (χ1n) is 14.4. The fourth-order valence-corrected chi connectivity index (χ4v) is 7.45. The van der Waals surface area contributed by atoms with Gasteiger partial charge in [-0.15, -0.1) is 13.2 Å². The lowest BCUT2D eigenvalue weighted by atomic mass is 9.70. The third-order valence-corrected chi connectivity index (χ3v) is 9.21. The zero-order valence-corrected chi connectivity index (χ0v) is 25.3. The predicted octanol–water partition coefficient (Wildman–Crippen LogP) is 4.02. The molecule has 9 nitrogen and oxygen atoms in total. The topological polar surface area (TPSA) is 106 Å². The van der Waals surface area contributed by atoms with E-state index in [-0.39, 0.29) is 36.4 Å². The van der Waals surface area contributed by atoms with Gasteiger partial charge in [-0.3, -0.25) is 14.4 Å². The van der Waals surface area contributed by atoms with E-state index in [1.165, 1.54) is 0 Å². The number of hydrogen-bond acceptors (Lipinski definition) is 7. The van der Waals surface area contributed by atoms with Gasteiger partial charge < -0.3 is 29.1 Å². The van der Waals surface area contributed by atoms with Crippen LogP contribution in [0.1, 0.15) is 44.9 Å². The van der Waals surface area contributed by atoms with Crippen molar-refractivity contribution in [3.63, 3.8) is 0 Å². The van der Waals surface area contributed by atoms with Crippen molar-refractivity contribution in [3.05, 3.63) is 49.6 Å². The van der Waals surface area contributed by atoms with Crippen LogP contribution in [-0.2, 0) is 23.9 Å². The summed E-state index contributed by atoms with van der Waals surface area (Å²) in [6.45, 7) is 8.44. The Kier molecular flexibility index (Phi) is 10.7. The predicted molar refractivity (Wildman–Crippen MR) is 159 cm³/mol. The molecule has 1 spiro atoms. The zero-order chi connectivity index (χ0) is 29.6. The summed E-state index contributed by atoms with van der Waals surface area (Å²) < 4.78 is 17.5. The third kappa shape index (κ3) is 6.10. The Balaban J connectivity index is 1.67. The summed E-state index contributed by atoms with van der Waals surface area (Å²) in [4.78, 5) is 45.1. The van der Waals surface area contributed by atoms with Gasteiger partial charge in [0.15, 0.2) is 0 Å². The highest BCUT2D eigenvalue weighted by Gasteiger charge is 2.77. The minimum absolute atomic E-state index is 0.0597. The maximum atomic E-state index is 14.5. The number of anilines is 1. The van der Waals surface area contributed by atoms with Crippen LogP contribution in [0.25, 0.3) is 0 Å². The summed E-state index contributed by atoms with van der Waals surface area (Å²) in [5, 5.41) is 9.26. The van der Waals surface area contributed by atoms with Crippen LogP contribution in [-0.4, -0.2) is 83.8 Å². The van der Waals surface area contributed by atoms with E-state index in [1.54, 1.807) is 47.3 Å². The highest BCUT2D eigenvalue weighted by Crippen LogP contribution is 2.60. The zero-order valence-electron chi connectivity index (χ0n) is 23.7. The second-order valence-electron chi connectivity index (χ2n) is 10.9. The molecule has 0 aromatic heterocycles. The van der Waals surface area contributed by atoms with Gasteiger partial charge >= 0.3 is 5.97 Å². The Hall–Kier alpha value is -2.69. The van der Waals surface area contributed by atoms with E-state index in [0.29, 0.717) is 50.1 Å². The number of ether oxygens (including phenoxy) is 3. The maximum Gasteiger partial charge on any atom is 0.312 e. The Morgan fingerprint density at radius 2 is 1.93 bits per heavy atom. The van der Waals surface area contributed by atoms with E-state index in [0.717, 1.165) is 12.8 Å². The number of carbonyl (C=O) groups excluding carboxylic acids is 3. The number of benzene rings is 1. The van der Waals surface area contributed by atoms with Crippen LogP contribution in [0.2, 0.25) is 0 Å². The van der Waals surface area contributed by atoms with Crippen molar-refractivity contribution in [2.45, 2.75) is 67.5 Å². The second-order valence-corrected chi connectivity index (χ2v) is 12.0. The summed E-state index contributed by atoms with van der Waals surface area (Å²) >= 11 is 3.70. The summed E-state index contributed by atoms with van der Waals surface area (Å²) in [6, 6.07) is 6.22. The van der Waals surface area contributed by atoms with E-state index < -0.39 is 35.6 Å². The van der Waals surface area contributed by atoms with Crippen molar-refractivity contribution in [2.75, 3.05) is 38.3 Å². The molecule has 10 heteroatoms. The van der Waals surface area contributed by atoms with Crippen LogP contribution in [0, 0.1) is 11.8 Å². The first kappa shape index (κ1) is 31.3. The molecule has 0 radical (unpaired) electrons. The monoisotopic (exact) mass is 632 g/mol. The van der Waals surface area contributed by atoms with E-state index in [1.807, 2.05) is 6.08 Å². The molecule has 3 heterocycles. The van der Waals surface area contributed by atoms with Gasteiger partial charge in [0.1, 0.15) is 17.4 Å². The first-order valence-corrected chi connectivity index (χ1v) is 15.3. The Labute approximate surface area is 250 Å². The van der Waals surface area contributed by atoms with Gasteiger partial charge in [-0.05, 0) is 69.2 Å². The number of aliphatic hydroxyl groups is 1. The average Bonchev–Trinajstić information content (AvgIpc) is 3.57. The number of methoxy groups -OCH3 is 1. The number of halogens is 1. The molecule has 6 atom stereocenters. The molecule has 2 bridgehead atoms. The number of nitrogens with zero attached hydrogens (tertiary/aromatic N) is 2. The number of unbranched alkanes of at least 4 members (excludes halogenated alkanes) is 4. The fraction of sp³-hybridized carbons (Fsp3) is 0.581. The van der Waals surface area contributed by atoms with Crippen molar-refractivity contribution in [1.29, 1.82) is 0 Å². The molecule has 4 rings (SSSR count). The average molecular weight is 634 g/mol. The van der Waals surface area contributed by atoms with Crippen LogP contribution < -0.4 is 9.64 Å². The highest BCUT2D eigenvalue weighted by atomic mass is 79.9. The summed E-state index contributed by atoms with van der Waals surface area (Å²) in [7, 11) is 1.58. The van der Waals surface area contributed by atoms with Crippen molar-refractivity contribution >= 4 is 39.4 Å². The van der Waals surface area contributed by atoms with Crippen molar-refractivity contribution in [1.82, 2.24) is 4.90 Å². The number of amides is 2. The van der Waals surface area contributed by atoms with E-state index >= 15 is 0 Å². The minimum atomic E-state index is -1.16. The van der Waals surface area contributed by atoms with Gasteiger partial charge in [-0.1, -0.05) is 28.1 Å². The molecule has 3 unspecified atom stereocenters. The quantitative estimate of drug-likeness (QED) is 0.127. The number of rotatable bonds is 16. The molecule has 3 saturated heterocycles. The second kappa shape index (κ2) is 14.0. The Morgan fingerprint density at radius 3 is 2.59 bits per heavy atom. The van der Waals surface area contributed by atoms with E-state index in [9.17, 15) is 19.5 Å². The molecule has 224 valence electrons. The molecule has 3 aliphatic rings. The number of carbonyl (C=O) groups is 3. The summed E-state index contributed by atoms with van der Waals surface area (Å²) in [5.41, 5.74) is -0.524. The smallest absolute Gasteiger partial charge is 0.312 e. The summed E-state index contributed by atoms with van der Waals surface area (Å²) in [5.74, 6) is -1.94. The molecule has 3 aliphatic heterocycles.